The average Bonchev–Trinajstić information content (AvgIpc) is 3.18. The monoisotopic (exact) mass is 804 g/mol. The van der Waals surface area contributed by atoms with E-state index in [0.717, 1.165) is 12.1 Å². The van der Waals surface area contributed by atoms with Crippen molar-refractivity contribution in [2.75, 3.05) is 37.2 Å². The van der Waals surface area contributed by atoms with Crippen LogP contribution in [0.2, 0.25) is 0 Å². The number of rotatable bonds is 23. The van der Waals surface area contributed by atoms with Gasteiger partial charge in [0.2, 0.25) is 17.7 Å². The number of nitrogen functional groups attached to an aromatic ring is 1. The first kappa shape index (κ1) is 44.9. The van der Waals surface area contributed by atoms with Gasteiger partial charge in [-0.3, -0.25) is 49.4 Å². The number of amides is 4. The fourth-order valence-corrected chi connectivity index (χ4v) is 5.53. The van der Waals surface area contributed by atoms with Gasteiger partial charge in [-0.2, -0.15) is 0 Å². The van der Waals surface area contributed by atoms with E-state index < -0.39 is 63.0 Å². The van der Waals surface area contributed by atoms with E-state index in [2.05, 4.69) is 36.6 Å². The SMILES string of the molecule is NC(N)=NCCC[C@H](NC(=O)[C@H](CCCN=C(N)N)NC(=O)[C@H](Cc1ccccc1)NC(=O)c1ccccc1N)C(=O)NCCNc1ccc([N+](=O)[O-])cc1[N+](=O)[O-]. The molecular formula is C36H48N14O8. The highest BCUT2D eigenvalue weighted by molar-refractivity contribution is 6.02. The number of guanidine groups is 2. The largest absolute Gasteiger partial charge is 0.398 e. The Morgan fingerprint density at radius 3 is 1.81 bits per heavy atom. The Morgan fingerprint density at radius 2 is 1.24 bits per heavy atom. The molecule has 3 rings (SSSR count). The van der Waals surface area contributed by atoms with E-state index in [1.165, 1.54) is 12.1 Å². The van der Waals surface area contributed by atoms with Gasteiger partial charge in [0.1, 0.15) is 23.8 Å². The second-order valence-corrected chi connectivity index (χ2v) is 12.8. The van der Waals surface area contributed by atoms with Crippen molar-refractivity contribution in [3.8, 4) is 0 Å². The Morgan fingerprint density at radius 1 is 0.672 bits per heavy atom. The van der Waals surface area contributed by atoms with Gasteiger partial charge in [-0.05, 0) is 49.4 Å². The summed E-state index contributed by atoms with van der Waals surface area (Å²) in [7, 11) is 0. The smallest absolute Gasteiger partial charge is 0.299 e. The van der Waals surface area contributed by atoms with Gasteiger partial charge < -0.3 is 55.3 Å². The second kappa shape index (κ2) is 22.8. The zero-order chi connectivity index (χ0) is 42.6. The lowest BCUT2D eigenvalue weighted by Crippen LogP contribution is -2.57. The number of non-ortho nitro benzene ring substituents is 1. The van der Waals surface area contributed by atoms with Crippen LogP contribution in [0.4, 0.5) is 22.7 Å². The second-order valence-electron chi connectivity index (χ2n) is 12.8. The van der Waals surface area contributed by atoms with Crippen LogP contribution < -0.4 is 55.3 Å². The fourth-order valence-electron chi connectivity index (χ4n) is 5.53. The lowest BCUT2D eigenvalue weighted by molar-refractivity contribution is -0.393. The molecule has 58 heavy (non-hydrogen) atoms. The number of nitrogens with one attached hydrogen (secondary N) is 5. The number of nitrogens with two attached hydrogens (primary N) is 5. The van der Waals surface area contributed by atoms with Crippen LogP contribution in [0.25, 0.3) is 0 Å². The number of hydrogen-bond acceptors (Lipinski definition) is 12. The molecule has 22 heteroatoms. The molecule has 0 aromatic heterocycles. The molecule has 310 valence electrons. The maximum atomic E-state index is 14.0. The first-order valence-electron chi connectivity index (χ1n) is 18.0. The standard InChI is InChI=1S/C36H48N14O8/c37-25-11-5-4-10-24(25)31(51)48-29(20-22-8-2-1-3-9-22)34(54)47-28(13-7-17-45-36(40)41)33(53)46-27(12-6-16-44-35(38)39)32(52)43-19-18-42-26-15-14-23(49(55)56)21-30(26)50(57)58/h1-5,8-11,14-15,21,27-29,42H,6-7,12-13,16-20,37H2,(H,43,52)(H,46,53)(H,47,54)(H,48,51)(H4,38,39,44)(H4,40,41,45)/t27-,28-,29-/m0/s1. The number of benzene rings is 3. The molecule has 0 heterocycles. The lowest BCUT2D eigenvalue weighted by atomic mass is 10.0. The Balaban J connectivity index is 1.81. The number of hydrogen-bond donors (Lipinski definition) is 10. The molecule has 0 unspecified atom stereocenters. The summed E-state index contributed by atoms with van der Waals surface area (Å²) < 4.78 is 0. The number of nitro groups is 2. The predicted octanol–water partition coefficient (Wildman–Crippen LogP) is -0.269. The lowest BCUT2D eigenvalue weighted by Gasteiger charge is -2.25. The Kier molecular flexibility index (Phi) is 17.6. The van der Waals surface area contributed by atoms with Crippen molar-refractivity contribution in [2.45, 2.75) is 50.2 Å². The van der Waals surface area contributed by atoms with Crippen molar-refractivity contribution in [2.24, 2.45) is 32.9 Å². The summed E-state index contributed by atoms with van der Waals surface area (Å²) in [5.74, 6) is -3.04. The minimum Gasteiger partial charge on any atom is -0.398 e. The van der Waals surface area contributed by atoms with Gasteiger partial charge in [0.05, 0.1) is 21.5 Å². The van der Waals surface area contributed by atoms with Crippen LogP contribution >= 0.6 is 0 Å². The third-order valence-corrected chi connectivity index (χ3v) is 8.39. The number of nitrogens with zero attached hydrogens (tertiary/aromatic N) is 4. The van der Waals surface area contributed by atoms with Crippen LogP contribution in [0.1, 0.15) is 41.6 Å². The summed E-state index contributed by atoms with van der Waals surface area (Å²) >= 11 is 0. The predicted molar refractivity (Wildman–Crippen MR) is 217 cm³/mol. The highest BCUT2D eigenvalue weighted by Crippen LogP contribution is 2.28. The van der Waals surface area contributed by atoms with E-state index in [9.17, 15) is 39.4 Å². The average molecular weight is 805 g/mol. The molecule has 0 aliphatic heterocycles. The van der Waals surface area contributed by atoms with Gasteiger partial charge in [-0.1, -0.05) is 42.5 Å². The molecule has 22 nitrogen and oxygen atoms in total. The highest BCUT2D eigenvalue weighted by atomic mass is 16.6. The van der Waals surface area contributed by atoms with Crippen LogP contribution in [0.3, 0.4) is 0 Å². The van der Waals surface area contributed by atoms with Crippen molar-refractivity contribution >= 4 is 58.3 Å². The van der Waals surface area contributed by atoms with Crippen molar-refractivity contribution in [1.82, 2.24) is 21.3 Å². The van der Waals surface area contributed by atoms with Crippen LogP contribution in [-0.4, -0.2) is 89.7 Å². The molecule has 0 aliphatic carbocycles. The molecule has 0 radical (unpaired) electrons. The van der Waals surface area contributed by atoms with Gasteiger partial charge in [0.25, 0.3) is 17.3 Å². The zero-order valence-electron chi connectivity index (χ0n) is 31.5. The normalized spacial score (nSPS) is 12.1. The van der Waals surface area contributed by atoms with E-state index in [1.807, 2.05) is 0 Å². The zero-order valence-corrected chi connectivity index (χ0v) is 31.5. The molecular weight excluding hydrogens is 756 g/mol. The van der Waals surface area contributed by atoms with Crippen LogP contribution in [0.15, 0.2) is 82.8 Å². The number of nitro benzene ring substituents is 2. The van der Waals surface area contributed by atoms with Crippen molar-refractivity contribution in [1.29, 1.82) is 0 Å². The minimum atomic E-state index is -1.24. The first-order valence-corrected chi connectivity index (χ1v) is 18.0. The molecule has 3 aromatic carbocycles. The van der Waals surface area contributed by atoms with Gasteiger partial charge in [-0.15, -0.1) is 0 Å². The van der Waals surface area contributed by atoms with Crippen LogP contribution in [0.5, 0.6) is 0 Å². The minimum absolute atomic E-state index is 0.0137. The Labute approximate surface area is 332 Å². The summed E-state index contributed by atoms with van der Waals surface area (Å²) in [5, 5.41) is 36.1. The fraction of sp³-hybridized carbons (Fsp3) is 0.333. The summed E-state index contributed by atoms with van der Waals surface area (Å²) in [6.07, 6.45) is 0.606. The van der Waals surface area contributed by atoms with Gasteiger partial charge in [-0.25, -0.2) is 0 Å². The summed E-state index contributed by atoms with van der Waals surface area (Å²) in [5.41, 5.74) is 27.9. The van der Waals surface area contributed by atoms with Crippen molar-refractivity contribution in [3.05, 3.63) is 104 Å². The molecule has 0 aliphatic rings. The molecule has 4 amide bonds. The molecule has 3 aromatic rings. The number of anilines is 2. The van der Waals surface area contributed by atoms with E-state index >= 15 is 0 Å². The Bertz CT molecular complexity index is 1970. The van der Waals surface area contributed by atoms with Gasteiger partial charge >= 0.3 is 0 Å². The third-order valence-electron chi connectivity index (χ3n) is 8.39. The van der Waals surface area contributed by atoms with Crippen molar-refractivity contribution in [3.63, 3.8) is 0 Å². The van der Waals surface area contributed by atoms with E-state index in [1.54, 1.807) is 48.5 Å². The number of carbonyl (C=O) groups is 4. The highest BCUT2D eigenvalue weighted by Gasteiger charge is 2.30. The topological polar surface area (TPSA) is 370 Å². The summed E-state index contributed by atoms with van der Waals surface area (Å²) in [6, 6.07) is 14.7. The quantitative estimate of drug-likeness (QED) is 0.0147. The van der Waals surface area contributed by atoms with Crippen molar-refractivity contribution < 1.29 is 29.0 Å². The van der Waals surface area contributed by atoms with Gasteiger partial charge in [0.15, 0.2) is 11.9 Å². The van der Waals surface area contributed by atoms with E-state index in [0.29, 0.717) is 5.56 Å². The van der Waals surface area contributed by atoms with E-state index in [4.69, 9.17) is 28.7 Å². The molecule has 3 atom stereocenters. The maximum absolute atomic E-state index is 14.0. The van der Waals surface area contributed by atoms with E-state index in [-0.39, 0.29) is 87.1 Å². The molecule has 0 saturated carbocycles. The molecule has 0 spiro atoms. The Hall–Kier alpha value is -7.52. The summed E-state index contributed by atoms with van der Waals surface area (Å²) in [4.78, 5) is 83.6. The van der Waals surface area contributed by atoms with Crippen LogP contribution in [0, 0.1) is 20.2 Å². The molecule has 15 N–H and O–H groups in total. The van der Waals surface area contributed by atoms with Gasteiger partial charge in [0, 0.05) is 44.4 Å². The molecule has 0 bridgehead atoms. The molecule has 0 fully saturated rings. The number of carbonyl (C=O) groups excluding carboxylic acids is 4. The number of aliphatic imine (C=N–C) groups is 2. The number of para-hydroxylation sites is 1. The first-order chi connectivity index (χ1) is 27.7. The van der Waals surface area contributed by atoms with Crippen LogP contribution in [-0.2, 0) is 20.8 Å². The maximum Gasteiger partial charge on any atom is 0.299 e. The third kappa shape index (κ3) is 15.0. The summed E-state index contributed by atoms with van der Waals surface area (Å²) in [6.45, 7) is 0.116. The molecule has 0 saturated heterocycles.